The van der Waals surface area contributed by atoms with Crippen LogP contribution in [0.25, 0.3) is 0 Å². The normalized spacial score (nSPS) is 11.8. The largest absolute Gasteiger partial charge is 0.496 e. The lowest BCUT2D eigenvalue weighted by molar-refractivity contribution is -0.121. The third kappa shape index (κ3) is 4.85. The maximum atomic E-state index is 12.1. The molecule has 3 nitrogen and oxygen atoms in total. The van der Waals surface area contributed by atoms with Gasteiger partial charge in [0.05, 0.1) is 13.2 Å². The Morgan fingerprint density at radius 2 is 1.83 bits per heavy atom. The second-order valence-corrected chi connectivity index (χ2v) is 6.00. The van der Waals surface area contributed by atoms with E-state index in [1.54, 1.807) is 7.11 Å². The van der Waals surface area contributed by atoms with Gasteiger partial charge in [-0.15, -0.1) is 0 Å². The highest BCUT2D eigenvalue weighted by Crippen LogP contribution is 2.19. The quantitative estimate of drug-likeness (QED) is 0.871. The summed E-state index contributed by atoms with van der Waals surface area (Å²) in [6, 6.07) is 14.3. The summed E-state index contributed by atoms with van der Waals surface area (Å²) in [6.45, 7) is 6.09. The first-order valence-corrected chi connectivity index (χ1v) is 7.99. The molecule has 122 valence electrons. The minimum Gasteiger partial charge on any atom is -0.496 e. The molecule has 1 amide bonds. The fourth-order valence-electron chi connectivity index (χ4n) is 2.61. The molecule has 0 radical (unpaired) electrons. The highest BCUT2D eigenvalue weighted by molar-refractivity contribution is 5.76. The van der Waals surface area contributed by atoms with Gasteiger partial charge >= 0.3 is 0 Å². The average molecular weight is 311 g/mol. The van der Waals surface area contributed by atoms with Gasteiger partial charge in [0.25, 0.3) is 0 Å². The van der Waals surface area contributed by atoms with Crippen LogP contribution in [0.15, 0.2) is 42.5 Å². The molecule has 0 fully saturated rings. The fraction of sp³-hybridized carbons (Fsp3) is 0.350. The number of rotatable bonds is 6. The Morgan fingerprint density at radius 3 is 2.43 bits per heavy atom. The number of amides is 1. The van der Waals surface area contributed by atoms with E-state index in [4.69, 9.17) is 4.74 Å². The smallest absolute Gasteiger partial charge is 0.220 e. The van der Waals surface area contributed by atoms with Crippen LogP contribution in [0.5, 0.6) is 5.75 Å². The van der Waals surface area contributed by atoms with Crippen molar-refractivity contribution in [2.45, 2.75) is 39.7 Å². The van der Waals surface area contributed by atoms with E-state index in [1.807, 2.05) is 26.0 Å². The van der Waals surface area contributed by atoms with Crippen LogP contribution in [-0.2, 0) is 11.2 Å². The van der Waals surface area contributed by atoms with E-state index >= 15 is 0 Å². The molecule has 0 heterocycles. The number of carbonyl (C=O) groups is 1. The lowest BCUT2D eigenvalue weighted by atomic mass is 10.0. The van der Waals surface area contributed by atoms with Crippen molar-refractivity contribution in [3.8, 4) is 5.75 Å². The van der Waals surface area contributed by atoms with Crippen LogP contribution in [0.3, 0.4) is 0 Å². The van der Waals surface area contributed by atoms with Gasteiger partial charge in [-0.1, -0.05) is 42.0 Å². The predicted octanol–water partition coefficient (Wildman–Crippen LogP) is 4.12. The van der Waals surface area contributed by atoms with E-state index in [0.717, 1.165) is 28.9 Å². The monoisotopic (exact) mass is 311 g/mol. The van der Waals surface area contributed by atoms with Crippen LogP contribution >= 0.6 is 0 Å². The Balaban J connectivity index is 1.87. The van der Waals surface area contributed by atoms with Gasteiger partial charge in [0.15, 0.2) is 0 Å². The first-order valence-electron chi connectivity index (χ1n) is 7.99. The second-order valence-electron chi connectivity index (χ2n) is 6.00. The summed E-state index contributed by atoms with van der Waals surface area (Å²) in [5.74, 6) is 0.956. The number of ether oxygens (including phenoxy) is 1. The van der Waals surface area contributed by atoms with Gasteiger partial charge in [0.2, 0.25) is 5.91 Å². The molecule has 0 aliphatic carbocycles. The zero-order valence-electron chi connectivity index (χ0n) is 14.3. The topological polar surface area (TPSA) is 38.3 Å². The minimum atomic E-state index is 0.0284. The summed E-state index contributed by atoms with van der Waals surface area (Å²) < 4.78 is 5.26. The zero-order valence-corrected chi connectivity index (χ0v) is 14.3. The van der Waals surface area contributed by atoms with Gasteiger partial charge in [-0.05, 0) is 49.9 Å². The van der Waals surface area contributed by atoms with Gasteiger partial charge in [0.1, 0.15) is 5.75 Å². The maximum absolute atomic E-state index is 12.1. The molecule has 2 aromatic rings. The summed E-state index contributed by atoms with van der Waals surface area (Å²) >= 11 is 0. The number of nitrogens with one attached hydrogen (secondary N) is 1. The SMILES string of the molecule is COc1ccc(CCC(=O)N[C@@H](C)c2ccc(C)cc2)cc1C. The Hall–Kier alpha value is -2.29. The summed E-state index contributed by atoms with van der Waals surface area (Å²) in [4.78, 5) is 12.1. The van der Waals surface area contributed by atoms with Crippen molar-refractivity contribution in [1.82, 2.24) is 5.32 Å². The van der Waals surface area contributed by atoms with Crippen LogP contribution in [0.1, 0.15) is 41.6 Å². The molecular formula is C20H25NO2. The summed E-state index contributed by atoms with van der Waals surface area (Å²) in [5.41, 5.74) is 4.60. The van der Waals surface area contributed by atoms with Crippen molar-refractivity contribution in [2.75, 3.05) is 7.11 Å². The van der Waals surface area contributed by atoms with Crippen LogP contribution in [0, 0.1) is 13.8 Å². The number of hydrogen-bond donors (Lipinski definition) is 1. The first kappa shape index (κ1) is 17.1. The number of carbonyl (C=O) groups excluding carboxylic acids is 1. The first-order chi connectivity index (χ1) is 11.0. The van der Waals surface area contributed by atoms with E-state index in [2.05, 4.69) is 42.6 Å². The number of aryl methyl sites for hydroxylation is 3. The molecule has 2 rings (SSSR count). The van der Waals surface area contributed by atoms with Gasteiger partial charge < -0.3 is 10.1 Å². The van der Waals surface area contributed by atoms with E-state index in [-0.39, 0.29) is 11.9 Å². The molecule has 3 heteroatoms. The molecule has 2 aromatic carbocycles. The molecule has 0 unspecified atom stereocenters. The number of benzene rings is 2. The van der Waals surface area contributed by atoms with Crippen LogP contribution < -0.4 is 10.1 Å². The predicted molar refractivity (Wildman–Crippen MR) is 93.8 cm³/mol. The van der Waals surface area contributed by atoms with E-state index in [9.17, 15) is 4.79 Å². The van der Waals surface area contributed by atoms with Crippen molar-refractivity contribution >= 4 is 5.91 Å². The standard InChI is InChI=1S/C20H25NO2/c1-14-5-9-18(10-6-14)16(3)21-20(22)12-8-17-7-11-19(23-4)15(2)13-17/h5-7,9-11,13,16H,8,12H2,1-4H3,(H,21,22)/t16-/m0/s1. The second kappa shape index (κ2) is 7.82. The van der Waals surface area contributed by atoms with Crippen molar-refractivity contribution in [2.24, 2.45) is 0 Å². The summed E-state index contributed by atoms with van der Waals surface area (Å²) in [7, 11) is 1.67. The van der Waals surface area contributed by atoms with E-state index in [1.165, 1.54) is 5.56 Å². The average Bonchev–Trinajstić information content (AvgIpc) is 2.53. The van der Waals surface area contributed by atoms with Crippen LogP contribution in [0.4, 0.5) is 0 Å². The van der Waals surface area contributed by atoms with Crippen molar-refractivity contribution in [3.05, 3.63) is 64.7 Å². The molecule has 0 aromatic heterocycles. The maximum Gasteiger partial charge on any atom is 0.220 e. The van der Waals surface area contributed by atoms with Gasteiger partial charge in [-0.3, -0.25) is 4.79 Å². The van der Waals surface area contributed by atoms with Crippen LogP contribution in [0.2, 0.25) is 0 Å². The molecule has 0 bridgehead atoms. The molecule has 1 atom stereocenters. The Labute approximate surface area is 138 Å². The molecule has 0 aliphatic heterocycles. The number of methoxy groups -OCH3 is 1. The molecule has 0 saturated carbocycles. The zero-order chi connectivity index (χ0) is 16.8. The summed E-state index contributed by atoms with van der Waals surface area (Å²) in [5, 5.41) is 3.06. The summed E-state index contributed by atoms with van der Waals surface area (Å²) in [6.07, 6.45) is 1.22. The third-order valence-electron chi connectivity index (χ3n) is 4.05. The van der Waals surface area contributed by atoms with E-state index < -0.39 is 0 Å². The minimum absolute atomic E-state index is 0.0284. The van der Waals surface area contributed by atoms with Gasteiger partial charge in [-0.2, -0.15) is 0 Å². The van der Waals surface area contributed by atoms with Crippen molar-refractivity contribution in [1.29, 1.82) is 0 Å². The molecule has 23 heavy (non-hydrogen) atoms. The number of hydrogen-bond acceptors (Lipinski definition) is 2. The Kier molecular flexibility index (Phi) is 5.80. The molecule has 0 spiro atoms. The highest BCUT2D eigenvalue weighted by Gasteiger charge is 2.10. The third-order valence-corrected chi connectivity index (χ3v) is 4.05. The Bertz CT molecular complexity index is 662. The lowest BCUT2D eigenvalue weighted by Gasteiger charge is -2.15. The Morgan fingerprint density at radius 1 is 1.13 bits per heavy atom. The van der Waals surface area contributed by atoms with Crippen LogP contribution in [-0.4, -0.2) is 13.0 Å². The van der Waals surface area contributed by atoms with Crippen molar-refractivity contribution in [3.63, 3.8) is 0 Å². The van der Waals surface area contributed by atoms with E-state index in [0.29, 0.717) is 6.42 Å². The van der Waals surface area contributed by atoms with Gasteiger partial charge in [-0.25, -0.2) is 0 Å². The molecule has 0 aliphatic rings. The fourth-order valence-corrected chi connectivity index (χ4v) is 2.61. The highest BCUT2D eigenvalue weighted by atomic mass is 16.5. The van der Waals surface area contributed by atoms with Gasteiger partial charge in [0, 0.05) is 6.42 Å². The molecule has 0 saturated heterocycles. The van der Waals surface area contributed by atoms with Crippen molar-refractivity contribution < 1.29 is 9.53 Å². The molecule has 1 N–H and O–H groups in total. The molecular weight excluding hydrogens is 286 g/mol. The lowest BCUT2D eigenvalue weighted by Crippen LogP contribution is -2.26.